The summed E-state index contributed by atoms with van der Waals surface area (Å²) in [5.41, 5.74) is 0.000465. The van der Waals surface area contributed by atoms with Crippen molar-refractivity contribution in [1.82, 2.24) is 0 Å². The van der Waals surface area contributed by atoms with Gasteiger partial charge in [-0.3, -0.25) is 4.79 Å². The number of hydrogen-bond acceptors (Lipinski definition) is 3. The molecule has 0 bridgehead atoms. The summed E-state index contributed by atoms with van der Waals surface area (Å²) in [5.74, 6) is -3.67. The summed E-state index contributed by atoms with van der Waals surface area (Å²) in [6.45, 7) is 1.14. The SMILES string of the molecule is CC(=O)Oc1ccc(-c2ccc(F)cc2F)cc1C(=O)O.Cl. The molecule has 2 aromatic carbocycles. The van der Waals surface area contributed by atoms with Crippen LogP contribution < -0.4 is 4.74 Å². The lowest BCUT2D eigenvalue weighted by Gasteiger charge is -2.09. The van der Waals surface area contributed by atoms with Crippen LogP contribution in [0.5, 0.6) is 5.75 Å². The molecule has 1 N–H and O–H groups in total. The number of carboxylic acid groups (broad SMARTS) is 1. The highest BCUT2D eigenvalue weighted by Gasteiger charge is 2.16. The van der Waals surface area contributed by atoms with Crippen LogP contribution in [-0.2, 0) is 4.79 Å². The predicted octanol–water partition coefficient (Wildman–Crippen LogP) is 3.68. The standard InChI is InChI=1S/C15H10F2O4.ClH/c1-8(18)21-14-5-2-9(6-12(14)15(19)20)11-4-3-10(16)7-13(11)17;/h2-7H,1H3,(H,19,20);1H. The summed E-state index contributed by atoms with van der Waals surface area (Å²) in [6, 6.07) is 6.78. The van der Waals surface area contributed by atoms with Gasteiger partial charge in [0, 0.05) is 18.6 Å². The van der Waals surface area contributed by atoms with E-state index in [-0.39, 0.29) is 34.8 Å². The number of rotatable bonds is 3. The topological polar surface area (TPSA) is 63.6 Å². The smallest absolute Gasteiger partial charge is 0.339 e. The highest BCUT2D eigenvalue weighted by atomic mass is 35.5. The molecule has 0 aliphatic heterocycles. The maximum absolute atomic E-state index is 13.7. The molecule has 0 saturated carbocycles. The van der Waals surface area contributed by atoms with Gasteiger partial charge in [0.05, 0.1) is 0 Å². The monoisotopic (exact) mass is 328 g/mol. The van der Waals surface area contributed by atoms with E-state index in [9.17, 15) is 18.4 Å². The molecule has 2 aromatic rings. The van der Waals surface area contributed by atoms with Crippen LogP contribution >= 0.6 is 12.4 Å². The Morgan fingerprint density at radius 1 is 1.09 bits per heavy atom. The van der Waals surface area contributed by atoms with E-state index < -0.39 is 23.6 Å². The van der Waals surface area contributed by atoms with Gasteiger partial charge >= 0.3 is 11.9 Å². The van der Waals surface area contributed by atoms with E-state index >= 15 is 0 Å². The fourth-order valence-corrected chi connectivity index (χ4v) is 1.83. The molecule has 4 nitrogen and oxygen atoms in total. The molecular formula is C15H11ClF2O4. The lowest BCUT2D eigenvalue weighted by molar-refractivity contribution is -0.131. The number of hydrogen-bond donors (Lipinski definition) is 1. The first-order chi connectivity index (χ1) is 9.88. The molecule has 22 heavy (non-hydrogen) atoms. The van der Waals surface area contributed by atoms with Crippen molar-refractivity contribution in [3.8, 4) is 16.9 Å². The maximum Gasteiger partial charge on any atom is 0.339 e. The fraction of sp³-hybridized carbons (Fsp3) is 0.0667. The van der Waals surface area contributed by atoms with Gasteiger partial charge in [0.25, 0.3) is 0 Å². The maximum atomic E-state index is 13.7. The van der Waals surface area contributed by atoms with Crippen LogP contribution in [0.3, 0.4) is 0 Å². The van der Waals surface area contributed by atoms with Gasteiger partial charge in [0.2, 0.25) is 0 Å². The molecule has 0 atom stereocenters. The Morgan fingerprint density at radius 3 is 2.32 bits per heavy atom. The van der Waals surface area contributed by atoms with Crippen LogP contribution in [0.2, 0.25) is 0 Å². The van der Waals surface area contributed by atoms with Crippen molar-refractivity contribution in [2.24, 2.45) is 0 Å². The van der Waals surface area contributed by atoms with Crippen molar-refractivity contribution < 1.29 is 28.2 Å². The molecular weight excluding hydrogens is 318 g/mol. The molecule has 0 spiro atoms. The quantitative estimate of drug-likeness (QED) is 0.689. The van der Waals surface area contributed by atoms with E-state index in [1.807, 2.05) is 0 Å². The van der Waals surface area contributed by atoms with Crippen molar-refractivity contribution >= 4 is 24.3 Å². The normalized spacial score (nSPS) is 9.77. The van der Waals surface area contributed by atoms with Gasteiger partial charge in [0.15, 0.2) is 0 Å². The molecule has 0 aliphatic rings. The number of halogens is 3. The van der Waals surface area contributed by atoms with E-state index in [1.54, 1.807) is 0 Å². The summed E-state index contributed by atoms with van der Waals surface area (Å²) in [7, 11) is 0. The van der Waals surface area contributed by atoms with Gasteiger partial charge < -0.3 is 9.84 Å². The Kier molecular flexibility index (Phi) is 5.59. The summed E-state index contributed by atoms with van der Waals surface area (Å²) in [6.07, 6.45) is 0. The molecule has 2 rings (SSSR count). The van der Waals surface area contributed by atoms with E-state index in [1.165, 1.54) is 18.2 Å². The van der Waals surface area contributed by atoms with Gasteiger partial charge in [-0.05, 0) is 29.8 Å². The van der Waals surface area contributed by atoms with Crippen molar-refractivity contribution in [2.45, 2.75) is 6.92 Å². The van der Waals surface area contributed by atoms with Crippen molar-refractivity contribution in [2.75, 3.05) is 0 Å². The van der Waals surface area contributed by atoms with Crippen LogP contribution in [0.4, 0.5) is 8.78 Å². The molecule has 0 unspecified atom stereocenters. The largest absolute Gasteiger partial charge is 0.478 e. The predicted molar refractivity (Wildman–Crippen MR) is 77.3 cm³/mol. The third-order valence-corrected chi connectivity index (χ3v) is 2.71. The number of carbonyl (C=O) groups excluding carboxylic acids is 1. The number of carboxylic acids is 1. The average Bonchev–Trinajstić information content (AvgIpc) is 2.38. The Bertz CT molecular complexity index is 731. The summed E-state index contributed by atoms with van der Waals surface area (Å²) < 4.78 is 31.4. The van der Waals surface area contributed by atoms with E-state index in [2.05, 4.69) is 0 Å². The van der Waals surface area contributed by atoms with Crippen LogP contribution in [0.15, 0.2) is 36.4 Å². The summed E-state index contributed by atoms with van der Waals surface area (Å²) in [5, 5.41) is 9.12. The van der Waals surface area contributed by atoms with E-state index in [0.29, 0.717) is 6.07 Å². The van der Waals surface area contributed by atoms with Gasteiger partial charge in [-0.1, -0.05) is 6.07 Å². The minimum atomic E-state index is -1.32. The number of aromatic carboxylic acids is 1. The van der Waals surface area contributed by atoms with E-state index in [0.717, 1.165) is 19.1 Å². The lowest BCUT2D eigenvalue weighted by Crippen LogP contribution is -2.07. The highest BCUT2D eigenvalue weighted by Crippen LogP contribution is 2.29. The summed E-state index contributed by atoms with van der Waals surface area (Å²) in [4.78, 5) is 22.1. The number of benzene rings is 2. The first kappa shape index (κ1) is 17.6. The molecule has 7 heteroatoms. The molecule has 0 fully saturated rings. The van der Waals surface area contributed by atoms with Gasteiger partial charge in [-0.15, -0.1) is 12.4 Å². The van der Waals surface area contributed by atoms with E-state index in [4.69, 9.17) is 9.84 Å². The molecule has 0 amide bonds. The van der Waals surface area contributed by atoms with Crippen LogP contribution in [0.25, 0.3) is 11.1 Å². The minimum absolute atomic E-state index is 0. The highest BCUT2D eigenvalue weighted by molar-refractivity contribution is 5.93. The average molecular weight is 329 g/mol. The van der Waals surface area contributed by atoms with Crippen molar-refractivity contribution in [1.29, 1.82) is 0 Å². The zero-order valence-electron chi connectivity index (χ0n) is 11.3. The fourth-order valence-electron chi connectivity index (χ4n) is 1.83. The zero-order valence-corrected chi connectivity index (χ0v) is 12.1. The van der Waals surface area contributed by atoms with Crippen LogP contribution in [0.1, 0.15) is 17.3 Å². The molecule has 0 heterocycles. The zero-order chi connectivity index (χ0) is 15.6. The first-order valence-corrected chi connectivity index (χ1v) is 5.89. The second-order valence-corrected chi connectivity index (χ2v) is 4.23. The molecule has 116 valence electrons. The molecule has 0 aliphatic carbocycles. The number of esters is 1. The Morgan fingerprint density at radius 2 is 1.77 bits per heavy atom. The molecule has 0 aromatic heterocycles. The Hall–Kier alpha value is -2.47. The lowest BCUT2D eigenvalue weighted by atomic mass is 10.0. The van der Waals surface area contributed by atoms with Gasteiger partial charge in [-0.2, -0.15) is 0 Å². The Labute approximate surface area is 130 Å². The van der Waals surface area contributed by atoms with Crippen LogP contribution in [-0.4, -0.2) is 17.0 Å². The van der Waals surface area contributed by atoms with Crippen molar-refractivity contribution in [3.63, 3.8) is 0 Å². The minimum Gasteiger partial charge on any atom is -0.478 e. The Balaban J connectivity index is 0.00000242. The third-order valence-electron chi connectivity index (χ3n) is 2.71. The molecule has 0 saturated heterocycles. The van der Waals surface area contributed by atoms with Crippen LogP contribution in [0, 0.1) is 11.6 Å². The number of ether oxygens (including phenoxy) is 1. The van der Waals surface area contributed by atoms with Gasteiger partial charge in [-0.25, -0.2) is 13.6 Å². The van der Waals surface area contributed by atoms with Gasteiger partial charge in [0.1, 0.15) is 22.9 Å². The van der Waals surface area contributed by atoms with Crippen molar-refractivity contribution in [3.05, 3.63) is 53.6 Å². The first-order valence-electron chi connectivity index (χ1n) is 5.89. The second kappa shape index (κ2) is 7.00. The molecule has 0 radical (unpaired) electrons. The third kappa shape index (κ3) is 3.79. The second-order valence-electron chi connectivity index (χ2n) is 4.23. The summed E-state index contributed by atoms with van der Waals surface area (Å²) >= 11 is 0. The number of carbonyl (C=O) groups is 2.